The molecule has 0 spiro atoms. The Morgan fingerprint density at radius 1 is 1.07 bits per heavy atom. The minimum atomic E-state index is -4.88. The predicted molar refractivity (Wildman–Crippen MR) is 101 cm³/mol. The SMILES string of the molecule is CC.CC#CN(C)c1cc(N)cc(-c2ccc(OC(F)(F)F)cc2F)c1C. The van der Waals surface area contributed by atoms with E-state index >= 15 is 0 Å². The number of alkyl halides is 3. The Kier molecular flexibility index (Phi) is 7.53. The summed E-state index contributed by atoms with van der Waals surface area (Å²) in [6, 6.07) is 9.09. The summed E-state index contributed by atoms with van der Waals surface area (Å²) in [5.41, 5.74) is 8.25. The highest BCUT2D eigenvalue weighted by atomic mass is 19.4. The molecular weight excluding hydrogens is 360 g/mol. The van der Waals surface area contributed by atoms with E-state index in [2.05, 4.69) is 16.7 Å². The number of hydrogen-bond acceptors (Lipinski definition) is 3. The summed E-state index contributed by atoms with van der Waals surface area (Å²) >= 11 is 0. The van der Waals surface area contributed by atoms with Crippen molar-refractivity contribution in [2.24, 2.45) is 0 Å². The van der Waals surface area contributed by atoms with Crippen LogP contribution < -0.4 is 15.4 Å². The molecule has 0 bridgehead atoms. The molecule has 0 atom stereocenters. The maximum Gasteiger partial charge on any atom is 0.573 e. The number of nitrogens with two attached hydrogens (primary N) is 1. The number of nitrogens with zero attached hydrogens (tertiary/aromatic N) is 1. The molecule has 0 amide bonds. The molecule has 2 aromatic rings. The molecule has 0 aliphatic heterocycles. The van der Waals surface area contributed by atoms with Crippen molar-refractivity contribution < 1.29 is 22.3 Å². The highest BCUT2D eigenvalue weighted by molar-refractivity contribution is 5.79. The minimum Gasteiger partial charge on any atom is -0.406 e. The van der Waals surface area contributed by atoms with Gasteiger partial charge in [0.05, 0.1) is 5.69 Å². The zero-order chi connectivity index (χ0) is 20.8. The normalized spacial score (nSPS) is 10.3. The van der Waals surface area contributed by atoms with Gasteiger partial charge in [-0.1, -0.05) is 19.8 Å². The van der Waals surface area contributed by atoms with Crippen molar-refractivity contribution in [3.8, 4) is 28.8 Å². The van der Waals surface area contributed by atoms with Crippen LogP contribution in [0.4, 0.5) is 28.9 Å². The Hall–Kier alpha value is -2.88. The fourth-order valence-electron chi connectivity index (χ4n) is 2.49. The summed E-state index contributed by atoms with van der Waals surface area (Å²) in [6.07, 6.45) is -4.88. The molecule has 0 saturated heterocycles. The fraction of sp³-hybridized carbons (Fsp3) is 0.300. The van der Waals surface area contributed by atoms with Crippen LogP contribution in [0.25, 0.3) is 11.1 Å². The summed E-state index contributed by atoms with van der Waals surface area (Å²) in [5.74, 6) is 1.29. The second-order valence-electron chi connectivity index (χ2n) is 5.32. The van der Waals surface area contributed by atoms with Gasteiger partial charge in [0.1, 0.15) is 11.6 Å². The molecule has 146 valence electrons. The molecule has 0 saturated carbocycles. The molecule has 2 aromatic carbocycles. The molecule has 0 heterocycles. The second kappa shape index (κ2) is 9.17. The van der Waals surface area contributed by atoms with Crippen molar-refractivity contribution in [2.75, 3.05) is 17.7 Å². The molecule has 27 heavy (non-hydrogen) atoms. The molecule has 0 radical (unpaired) electrons. The van der Waals surface area contributed by atoms with Gasteiger partial charge in [-0.05, 0) is 49.2 Å². The summed E-state index contributed by atoms with van der Waals surface area (Å²) in [7, 11) is 1.73. The summed E-state index contributed by atoms with van der Waals surface area (Å²) in [5, 5.41) is 0. The van der Waals surface area contributed by atoms with Gasteiger partial charge in [0.25, 0.3) is 0 Å². The quantitative estimate of drug-likeness (QED) is 0.319. The van der Waals surface area contributed by atoms with Crippen molar-refractivity contribution >= 4 is 11.4 Å². The third-order valence-corrected chi connectivity index (χ3v) is 3.51. The fourth-order valence-corrected chi connectivity index (χ4v) is 2.49. The van der Waals surface area contributed by atoms with E-state index in [1.165, 1.54) is 6.07 Å². The van der Waals surface area contributed by atoms with Gasteiger partial charge in [-0.3, -0.25) is 0 Å². The van der Waals surface area contributed by atoms with Crippen molar-refractivity contribution in [3.05, 3.63) is 41.7 Å². The van der Waals surface area contributed by atoms with E-state index < -0.39 is 17.9 Å². The van der Waals surface area contributed by atoms with Gasteiger partial charge >= 0.3 is 6.36 Å². The first-order valence-electron chi connectivity index (χ1n) is 8.24. The van der Waals surface area contributed by atoms with Crippen LogP contribution in [0, 0.1) is 24.7 Å². The molecule has 2 N–H and O–H groups in total. The Labute approximate surface area is 156 Å². The Morgan fingerprint density at radius 3 is 2.22 bits per heavy atom. The first-order valence-corrected chi connectivity index (χ1v) is 8.24. The molecule has 2 rings (SSSR count). The van der Waals surface area contributed by atoms with Gasteiger partial charge in [0.2, 0.25) is 0 Å². The third kappa shape index (κ3) is 5.81. The molecule has 0 aliphatic carbocycles. The van der Waals surface area contributed by atoms with Gasteiger partial charge in [-0.25, -0.2) is 4.39 Å². The number of ether oxygens (including phenoxy) is 1. The van der Waals surface area contributed by atoms with Crippen LogP contribution in [0.15, 0.2) is 30.3 Å². The van der Waals surface area contributed by atoms with E-state index in [0.29, 0.717) is 28.6 Å². The van der Waals surface area contributed by atoms with E-state index in [1.807, 2.05) is 13.8 Å². The van der Waals surface area contributed by atoms with Crippen molar-refractivity contribution in [1.29, 1.82) is 0 Å². The number of benzene rings is 2. The van der Waals surface area contributed by atoms with E-state index in [1.54, 1.807) is 37.9 Å². The zero-order valence-corrected chi connectivity index (χ0v) is 15.8. The molecular formula is C20H22F4N2O. The maximum atomic E-state index is 14.4. The summed E-state index contributed by atoms with van der Waals surface area (Å²) < 4.78 is 54.8. The van der Waals surface area contributed by atoms with Crippen LogP contribution in [0.1, 0.15) is 26.3 Å². The highest BCUT2D eigenvalue weighted by Crippen LogP contribution is 2.36. The number of hydrogen-bond donors (Lipinski definition) is 1. The van der Waals surface area contributed by atoms with Crippen molar-refractivity contribution in [1.82, 2.24) is 0 Å². The minimum absolute atomic E-state index is 0.124. The number of halogens is 4. The molecule has 0 aliphatic rings. The average Bonchev–Trinajstić information content (AvgIpc) is 2.57. The first kappa shape index (κ1) is 22.2. The van der Waals surface area contributed by atoms with Crippen LogP contribution >= 0.6 is 0 Å². The lowest BCUT2D eigenvalue weighted by Gasteiger charge is -2.19. The monoisotopic (exact) mass is 382 g/mol. The van der Waals surface area contributed by atoms with Crippen LogP contribution in [-0.4, -0.2) is 13.4 Å². The largest absolute Gasteiger partial charge is 0.573 e. The highest BCUT2D eigenvalue weighted by Gasteiger charge is 2.31. The van der Waals surface area contributed by atoms with Crippen molar-refractivity contribution in [3.63, 3.8) is 0 Å². The zero-order valence-electron chi connectivity index (χ0n) is 15.8. The Bertz CT molecular complexity index is 852. The average molecular weight is 382 g/mol. The number of anilines is 2. The lowest BCUT2D eigenvalue weighted by Crippen LogP contribution is -2.17. The summed E-state index contributed by atoms with van der Waals surface area (Å²) in [6.45, 7) is 7.44. The molecule has 7 heteroatoms. The summed E-state index contributed by atoms with van der Waals surface area (Å²) in [4.78, 5) is 1.65. The van der Waals surface area contributed by atoms with Gasteiger partial charge in [0.15, 0.2) is 0 Å². The Morgan fingerprint density at radius 2 is 1.70 bits per heavy atom. The predicted octanol–water partition coefficient (Wildman–Crippen LogP) is 5.73. The number of nitrogen functional groups attached to an aromatic ring is 1. The van der Waals surface area contributed by atoms with Gasteiger partial charge in [0, 0.05) is 30.4 Å². The standard InChI is InChI=1S/C18H16F4N2O.C2H6/c1-4-7-24(3)17-9-12(23)8-15(11(17)2)14-6-5-13(10-16(14)19)25-18(20,21)22;1-2/h5-6,8-10H,23H2,1-3H3;1-2H3. The molecule has 0 aromatic heterocycles. The number of rotatable bonds is 3. The topological polar surface area (TPSA) is 38.5 Å². The molecule has 3 nitrogen and oxygen atoms in total. The Balaban J connectivity index is 0.00000176. The van der Waals surface area contributed by atoms with Gasteiger partial charge in [-0.15, -0.1) is 13.2 Å². The lowest BCUT2D eigenvalue weighted by molar-refractivity contribution is -0.274. The van der Waals surface area contributed by atoms with E-state index in [0.717, 1.165) is 6.07 Å². The first-order chi connectivity index (χ1) is 12.6. The van der Waals surface area contributed by atoms with E-state index in [-0.39, 0.29) is 5.56 Å². The second-order valence-corrected chi connectivity index (χ2v) is 5.32. The smallest absolute Gasteiger partial charge is 0.406 e. The molecule has 0 unspecified atom stereocenters. The van der Waals surface area contributed by atoms with Crippen LogP contribution in [-0.2, 0) is 0 Å². The third-order valence-electron chi connectivity index (χ3n) is 3.51. The van der Waals surface area contributed by atoms with Crippen LogP contribution in [0.5, 0.6) is 5.75 Å². The lowest BCUT2D eigenvalue weighted by atomic mass is 9.97. The molecule has 0 fully saturated rings. The van der Waals surface area contributed by atoms with Crippen LogP contribution in [0.3, 0.4) is 0 Å². The maximum absolute atomic E-state index is 14.4. The van der Waals surface area contributed by atoms with Crippen molar-refractivity contribution in [2.45, 2.75) is 34.1 Å². The van der Waals surface area contributed by atoms with E-state index in [9.17, 15) is 17.6 Å². The van der Waals surface area contributed by atoms with Gasteiger partial charge < -0.3 is 15.4 Å². The van der Waals surface area contributed by atoms with Gasteiger partial charge in [-0.2, -0.15) is 0 Å². The van der Waals surface area contributed by atoms with Crippen LogP contribution in [0.2, 0.25) is 0 Å². The van der Waals surface area contributed by atoms with E-state index in [4.69, 9.17) is 5.73 Å².